The lowest BCUT2D eigenvalue weighted by atomic mass is 9.85. The Kier molecular flexibility index (Phi) is 3.36. The van der Waals surface area contributed by atoms with Crippen LogP contribution in [0.25, 0.3) is 0 Å². The maximum Gasteiger partial charge on any atom is 0.313 e. The molecule has 1 aliphatic heterocycles. The Morgan fingerprint density at radius 2 is 2.39 bits per heavy atom. The van der Waals surface area contributed by atoms with Crippen LogP contribution in [-0.4, -0.2) is 41.2 Å². The monoisotopic (exact) mass is 270 g/mol. The molecule has 0 aromatic carbocycles. The molecule has 0 spiro atoms. The number of amides is 1. The van der Waals surface area contributed by atoms with Crippen molar-refractivity contribution in [3.8, 4) is 0 Å². The van der Waals surface area contributed by atoms with Crippen LogP contribution < -0.4 is 5.32 Å². The lowest BCUT2D eigenvalue weighted by molar-refractivity contribution is -0.148. The van der Waals surface area contributed by atoms with Crippen LogP contribution in [0.2, 0.25) is 0 Å². The summed E-state index contributed by atoms with van der Waals surface area (Å²) in [5, 5.41) is 14.3. The molecular weight excluding hydrogens is 256 g/mol. The highest BCUT2D eigenvalue weighted by Gasteiger charge is 2.47. The summed E-state index contributed by atoms with van der Waals surface area (Å²) in [5.74, 6) is -1.33. The predicted molar refractivity (Wildman–Crippen MR) is 64.7 cm³/mol. The Morgan fingerprint density at radius 1 is 1.67 bits per heavy atom. The summed E-state index contributed by atoms with van der Waals surface area (Å²) < 4.78 is 5.16. The number of aryl methyl sites for hydroxylation is 1. The first-order valence-corrected chi connectivity index (χ1v) is 6.35. The van der Waals surface area contributed by atoms with Crippen molar-refractivity contribution in [2.45, 2.75) is 19.9 Å². The number of aromatic nitrogens is 1. The number of rotatable bonds is 3. The van der Waals surface area contributed by atoms with Gasteiger partial charge in [0, 0.05) is 5.38 Å². The highest BCUT2D eigenvalue weighted by Crippen LogP contribution is 2.28. The van der Waals surface area contributed by atoms with E-state index in [1.165, 1.54) is 11.3 Å². The maximum absolute atomic E-state index is 11.9. The number of aliphatic carboxylic acids is 1. The highest BCUT2D eigenvalue weighted by atomic mass is 32.1. The predicted octanol–water partition coefficient (Wildman–Crippen LogP) is 0.671. The average Bonchev–Trinajstić information content (AvgIpc) is 2.87. The number of hydrogen-bond donors (Lipinski definition) is 2. The summed E-state index contributed by atoms with van der Waals surface area (Å²) in [6.45, 7) is 3.68. The molecule has 0 bridgehead atoms. The first-order chi connectivity index (χ1) is 8.43. The van der Waals surface area contributed by atoms with Crippen molar-refractivity contribution in [2.75, 3.05) is 13.2 Å². The molecule has 1 aromatic heterocycles. The standard InChI is InChI=1S/C11H14N2O4S/c1-6-12-7(4-18-6)9(14)13-8-3-17-5-11(8,2)10(15)16/h4,8H,3,5H2,1-2H3,(H,13,14)(H,15,16). The number of carbonyl (C=O) groups is 2. The lowest BCUT2D eigenvalue weighted by Crippen LogP contribution is -2.49. The van der Waals surface area contributed by atoms with E-state index in [0.29, 0.717) is 5.69 Å². The van der Waals surface area contributed by atoms with Crippen LogP contribution >= 0.6 is 11.3 Å². The largest absolute Gasteiger partial charge is 0.481 e. The quantitative estimate of drug-likeness (QED) is 0.842. The van der Waals surface area contributed by atoms with Gasteiger partial charge in [-0.25, -0.2) is 4.98 Å². The number of carboxylic acids is 1. The number of carbonyl (C=O) groups excluding carboxylic acids is 1. The van der Waals surface area contributed by atoms with Crippen molar-refractivity contribution < 1.29 is 19.4 Å². The van der Waals surface area contributed by atoms with Crippen LogP contribution in [0.4, 0.5) is 0 Å². The van der Waals surface area contributed by atoms with Crippen molar-refractivity contribution in [3.05, 3.63) is 16.1 Å². The third-order valence-corrected chi connectivity index (χ3v) is 3.87. The zero-order valence-electron chi connectivity index (χ0n) is 10.1. The van der Waals surface area contributed by atoms with Gasteiger partial charge in [-0.05, 0) is 13.8 Å². The number of carboxylic acid groups (broad SMARTS) is 1. The highest BCUT2D eigenvalue weighted by molar-refractivity contribution is 7.09. The molecule has 2 rings (SSSR count). The molecule has 0 saturated carbocycles. The summed E-state index contributed by atoms with van der Waals surface area (Å²) in [7, 11) is 0. The minimum Gasteiger partial charge on any atom is -0.481 e. The Balaban J connectivity index is 2.10. The SMILES string of the molecule is Cc1nc(C(=O)NC2COCC2(C)C(=O)O)cs1. The molecule has 1 amide bonds. The minimum absolute atomic E-state index is 0.101. The van der Waals surface area contributed by atoms with Gasteiger partial charge in [-0.15, -0.1) is 11.3 Å². The van der Waals surface area contributed by atoms with Gasteiger partial charge in [0.05, 0.1) is 24.3 Å². The van der Waals surface area contributed by atoms with E-state index in [2.05, 4.69) is 10.3 Å². The topological polar surface area (TPSA) is 88.5 Å². The van der Waals surface area contributed by atoms with E-state index in [1.54, 1.807) is 12.3 Å². The van der Waals surface area contributed by atoms with Gasteiger partial charge < -0.3 is 15.2 Å². The van der Waals surface area contributed by atoms with Crippen LogP contribution in [-0.2, 0) is 9.53 Å². The van der Waals surface area contributed by atoms with Gasteiger partial charge in [0.2, 0.25) is 0 Å². The molecule has 6 nitrogen and oxygen atoms in total. The fraction of sp³-hybridized carbons (Fsp3) is 0.545. The van der Waals surface area contributed by atoms with Crippen LogP contribution in [0.1, 0.15) is 22.4 Å². The first kappa shape index (κ1) is 13.0. The Bertz CT molecular complexity index is 487. The van der Waals surface area contributed by atoms with Gasteiger partial charge in [-0.1, -0.05) is 0 Å². The second-order valence-corrected chi connectivity index (χ2v) is 5.58. The van der Waals surface area contributed by atoms with Crippen molar-refractivity contribution >= 4 is 23.2 Å². The van der Waals surface area contributed by atoms with Crippen molar-refractivity contribution in [1.82, 2.24) is 10.3 Å². The number of thiazole rings is 1. The molecule has 1 aliphatic rings. The fourth-order valence-electron chi connectivity index (χ4n) is 1.78. The molecule has 1 fully saturated rings. The van der Waals surface area contributed by atoms with E-state index in [4.69, 9.17) is 4.74 Å². The third kappa shape index (κ3) is 2.23. The zero-order valence-corrected chi connectivity index (χ0v) is 10.9. The molecule has 98 valence electrons. The van der Waals surface area contributed by atoms with E-state index in [1.807, 2.05) is 6.92 Å². The zero-order chi connectivity index (χ0) is 13.3. The molecule has 2 unspecified atom stereocenters. The molecule has 1 saturated heterocycles. The summed E-state index contributed by atoms with van der Waals surface area (Å²) in [5.41, 5.74) is -0.766. The summed E-state index contributed by atoms with van der Waals surface area (Å²) in [6, 6.07) is -0.537. The Morgan fingerprint density at radius 3 is 2.94 bits per heavy atom. The van der Waals surface area contributed by atoms with Crippen LogP contribution in [0.5, 0.6) is 0 Å². The van der Waals surface area contributed by atoms with Gasteiger partial charge in [0.1, 0.15) is 11.1 Å². The average molecular weight is 270 g/mol. The number of hydrogen-bond acceptors (Lipinski definition) is 5. The Hall–Kier alpha value is -1.47. The summed E-state index contributed by atoms with van der Waals surface area (Å²) in [4.78, 5) is 27.2. The van der Waals surface area contributed by atoms with Crippen LogP contribution in [0.3, 0.4) is 0 Å². The molecule has 1 aromatic rings. The number of nitrogens with zero attached hydrogens (tertiary/aromatic N) is 1. The maximum atomic E-state index is 11.9. The first-order valence-electron chi connectivity index (χ1n) is 5.47. The fourth-order valence-corrected chi connectivity index (χ4v) is 2.38. The summed E-state index contributed by atoms with van der Waals surface area (Å²) >= 11 is 1.38. The number of ether oxygens (including phenoxy) is 1. The van der Waals surface area contributed by atoms with Crippen molar-refractivity contribution in [1.29, 1.82) is 0 Å². The van der Waals surface area contributed by atoms with Crippen molar-refractivity contribution in [3.63, 3.8) is 0 Å². The second kappa shape index (κ2) is 4.66. The molecule has 0 aliphatic carbocycles. The molecule has 0 radical (unpaired) electrons. The van der Waals surface area contributed by atoms with Gasteiger partial charge in [0.15, 0.2) is 0 Å². The molecule has 2 heterocycles. The van der Waals surface area contributed by atoms with Gasteiger partial charge in [0.25, 0.3) is 5.91 Å². The lowest BCUT2D eigenvalue weighted by Gasteiger charge is -2.25. The molecule has 18 heavy (non-hydrogen) atoms. The number of nitrogens with one attached hydrogen (secondary N) is 1. The molecular formula is C11H14N2O4S. The van der Waals surface area contributed by atoms with Crippen LogP contribution in [0, 0.1) is 12.3 Å². The Labute approximate surface area is 108 Å². The molecule has 2 N–H and O–H groups in total. The third-order valence-electron chi connectivity index (χ3n) is 3.10. The normalized spacial score (nSPS) is 27.1. The minimum atomic E-state index is -1.08. The van der Waals surface area contributed by atoms with E-state index in [-0.39, 0.29) is 19.1 Å². The molecule has 7 heteroatoms. The van der Waals surface area contributed by atoms with E-state index in [9.17, 15) is 14.7 Å². The van der Waals surface area contributed by atoms with Gasteiger partial charge in [-0.3, -0.25) is 9.59 Å². The van der Waals surface area contributed by atoms with E-state index in [0.717, 1.165) is 5.01 Å². The molecule has 2 atom stereocenters. The smallest absolute Gasteiger partial charge is 0.313 e. The van der Waals surface area contributed by atoms with E-state index >= 15 is 0 Å². The van der Waals surface area contributed by atoms with Crippen molar-refractivity contribution in [2.24, 2.45) is 5.41 Å². The van der Waals surface area contributed by atoms with Gasteiger partial charge in [-0.2, -0.15) is 0 Å². The summed E-state index contributed by atoms with van der Waals surface area (Å²) in [6.07, 6.45) is 0. The van der Waals surface area contributed by atoms with E-state index < -0.39 is 17.4 Å². The second-order valence-electron chi connectivity index (χ2n) is 4.52. The van der Waals surface area contributed by atoms with Gasteiger partial charge >= 0.3 is 5.97 Å². The van der Waals surface area contributed by atoms with Crippen LogP contribution in [0.15, 0.2) is 5.38 Å².